The normalized spacial score (nSPS) is 11.2. The molecule has 0 bridgehead atoms. The average Bonchev–Trinajstić information content (AvgIpc) is 2.07. The molecule has 1 rings (SSSR count). The molecule has 0 fully saturated rings. The van der Waals surface area contributed by atoms with Crippen LogP contribution in [0.3, 0.4) is 0 Å². The number of rotatable bonds is 3. The second-order valence-corrected chi connectivity index (χ2v) is 4.72. The highest BCUT2D eigenvalue weighted by Crippen LogP contribution is 2.30. The van der Waals surface area contributed by atoms with Crippen LogP contribution in [0.5, 0.6) is 0 Å². The van der Waals surface area contributed by atoms with E-state index in [0.717, 1.165) is 12.1 Å². The van der Waals surface area contributed by atoms with Gasteiger partial charge in [0.25, 0.3) is 15.9 Å². The molecule has 0 aliphatic rings. The predicted molar refractivity (Wildman–Crippen MR) is 59.6 cm³/mol. The number of halogens is 1. The van der Waals surface area contributed by atoms with Crippen molar-refractivity contribution in [2.75, 3.05) is 4.72 Å². The summed E-state index contributed by atoms with van der Waals surface area (Å²) < 4.78 is 23.5. The van der Waals surface area contributed by atoms with E-state index in [-0.39, 0.29) is 16.4 Å². The van der Waals surface area contributed by atoms with Crippen LogP contribution in [-0.2, 0) is 10.2 Å². The molecule has 88 valence electrons. The first-order chi connectivity index (χ1) is 7.20. The Morgan fingerprint density at radius 1 is 1.50 bits per heavy atom. The van der Waals surface area contributed by atoms with Gasteiger partial charge >= 0.3 is 0 Å². The van der Waals surface area contributed by atoms with Crippen molar-refractivity contribution in [3.63, 3.8) is 0 Å². The molecule has 1 aromatic rings. The Hall–Kier alpha value is -1.38. The second kappa shape index (κ2) is 4.24. The average molecular weight is 266 g/mol. The summed E-state index contributed by atoms with van der Waals surface area (Å²) in [5, 5.41) is 15.1. The van der Waals surface area contributed by atoms with Crippen molar-refractivity contribution in [3.8, 4) is 0 Å². The van der Waals surface area contributed by atoms with Gasteiger partial charge < -0.3 is 0 Å². The fourth-order valence-electron chi connectivity index (χ4n) is 1.07. The fraction of sp³-hybridized carbons (Fsp3) is 0.143. The molecule has 0 unspecified atom stereocenters. The number of nitro groups is 1. The summed E-state index contributed by atoms with van der Waals surface area (Å²) in [4.78, 5) is 9.87. The molecule has 0 aliphatic carbocycles. The Bertz CT molecular complexity index is 543. The number of nitro benzene ring substituents is 1. The molecule has 0 radical (unpaired) electrons. The van der Waals surface area contributed by atoms with Gasteiger partial charge in [-0.2, -0.15) is 8.42 Å². The van der Waals surface area contributed by atoms with Gasteiger partial charge in [0.2, 0.25) is 0 Å². The minimum Gasteiger partial charge on any atom is -0.271 e. The first-order valence-electron chi connectivity index (χ1n) is 3.96. The van der Waals surface area contributed by atoms with E-state index in [4.69, 9.17) is 16.7 Å². The molecule has 3 N–H and O–H groups in total. The molecule has 0 saturated heterocycles. The minimum absolute atomic E-state index is 0.109. The molecule has 0 amide bonds. The zero-order chi connectivity index (χ0) is 12.5. The minimum atomic E-state index is -3.93. The van der Waals surface area contributed by atoms with E-state index in [9.17, 15) is 18.5 Å². The van der Waals surface area contributed by atoms with Crippen LogP contribution in [0.1, 0.15) is 5.56 Å². The Balaban J connectivity index is 3.26. The van der Waals surface area contributed by atoms with Crippen molar-refractivity contribution in [2.24, 2.45) is 5.14 Å². The van der Waals surface area contributed by atoms with E-state index in [0.29, 0.717) is 5.56 Å². The summed E-state index contributed by atoms with van der Waals surface area (Å²) >= 11 is 5.61. The molecule has 0 saturated carbocycles. The van der Waals surface area contributed by atoms with E-state index in [1.165, 1.54) is 6.92 Å². The van der Waals surface area contributed by atoms with Crippen molar-refractivity contribution in [1.82, 2.24) is 0 Å². The monoisotopic (exact) mass is 265 g/mol. The van der Waals surface area contributed by atoms with Gasteiger partial charge in [-0.1, -0.05) is 11.6 Å². The third-order valence-corrected chi connectivity index (χ3v) is 2.55. The lowest BCUT2D eigenvalue weighted by Gasteiger charge is -2.07. The standard InChI is InChI=1S/C7H8ClN3O4S/c1-4-2-7(11(12)13)5(8)3-6(4)10-16(9,14)15/h2-3,10H,1H3,(H2,9,14,15). The van der Waals surface area contributed by atoms with Crippen molar-refractivity contribution in [3.05, 3.63) is 32.8 Å². The van der Waals surface area contributed by atoms with Crippen LogP contribution in [0.25, 0.3) is 0 Å². The first kappa shape index (κ1) is 12.7. The second-order valence-electron chi connectivity index (χ2n) is 3.02. The van der Waals surface area contributed by atoms with Crippen LogP contribution in [0, 0.1) is 17.0 Å². The Kier molecular flexibility index (Phi) is 3.36. The largest absolute Gasteiger partial charge is 0.296 e. The summed E-state index contributed by atoms with van der Waals surface area (Å²) in [5.41, 5.74) is 0.169. The Morgan fingerprint density at radius 3 is 2.50 bits per heavy atom. The maximum absolute atomic E-state index is 10.8. The highest BCUT2D eigenvalue weighted by atomic mass is 35.5. The van der Waals surface area contributed by atoms with Gasteiger partial charge in [0.15, 0.2) is 0 Å². The Morgan fingerprint density at radius 2 is 2.06 bits per heavy atom. The van der Waals surface area contributed by atoms with Gasteiger partial charge in [-0.25, -0.2) is 5.14 Å². The maximum atomic E-state index is 10.8. The molecule has 0 spiro atoms. The summed E-state index contributed by atoms with van der Waals surface area (Å²) in [6.07, 6.45) is 0. The number of aryl methyl sites for hydroxylation is 1. The van der Waals surface area contributed by atoms with Crippen LogP contribution < -0.4 is 9.86 Å². The highest BCUT2D eigenvalue weighted by Gasteiger charge is 2.16. The molecule has 0 aromatic heterocycles. The van der Waals surface area contributed by atoms with Gasteiger partial charge in [0, 0.05) is 6.07 Å². The third-order valence-electron chi connectivity index (χ3n) is 1.74. The van der Waals surface area contributed by atoms with Crippen molar-refractivity contribution in [2.45, 2.75) is 6.92 Å². The topological polar surface area (TPSA) is 115 Å². The Labute approximate surface area is 96.5 Å². The number of benzene rings is 1. The fourth-order valence-corrected chi connectivity index (χ4v) is 1.83. The number of hydrogen-bond donors (Lipinski definition) is 2. The molecule has 0 aliphatic heterocycles. The summed E-state index contributed by atoms with van der Waals surface area (Å²) in [5.74, 6) is 0. The van der Waals surface area contributed by atoms with Gasteiger partial charge in [0.05, 0.1) is 10.6 Å². The van der Waals surface area contributed by atoms with E-state index >= 15 is 0 Å². The number of nitrogens with one attached hydrogen (secondary N) is 1. The van der Waals surface area contributed by atoms with Crippen molar-refractivity contribution in [1.29, 1.82) is 0 Å². The molecule has 0 atom stereocenters. The van der Waals surface area contributed by atoms with Gasteiger partial charge in [0.1, 0.15) is 5.02 Å². The molecule has 16 heavy (non-hydrogen) atoms. The van der Waals surface area contributed by atoms with E-state index in [2.05, 4.69) is 0 Å². The zero-order valence-electron chi connectivity index (χ0n) is 8.10. The predicted octanol–water partition coefficient (Wildman–Crippen LogP) is 1.17. The van der Waals surface area contributed by atoms with Gasteiger partial charge in [-0.3, -0.25) is 14.8 Å². The molecule has 7 nitrogen and oxygen atoms in total. The number of nitrogens with zero attached hydrogens (tertiary/aromatic N) is 1. The first-order valence-corrected chi connectivity index (χ1v) is 5.88. The summed E-state index contributed by atoms with van der Waals surface area (Å²) in [7, 11) is -3.93. The van der Waals surface area contributed by atoms with E-state index < -0.39 is 15.1 Å². The molecule has 1 aromatic carbocycles. The maximum Gasteiger partial charge on any atom is 0.296 e. The van der Waals surface area contributed by atoms with Crippen molar-refractivity contribution >= 4 is 33.2 Å². The molecular formula is C7H8ClN3O4S. The van der Waals surface area contributed by atoms with Crippen LogP contribution in [0.2, 0.25) is 5.02 Å². The summed E-state index contributed by atoms with van der Waals surface area (Å²) in [6.45, 7) is 1.50. The lowest BCUT2D eigenvalue weighted by molar-refractivity contribution is -0.384. The number of nitrogens with two attached hydrogens (primary N) is 1. The lowest BCUT2D eigenvalue weighted by atomic mass is 10.2. The van der Waals surface area contributed by atoms with Crippen LogP contribution in [0.4, 0.5) is 11.4 Å². The van der Waals surface area contributed by atoms with Gasteiger partial charge in [-0.05, 0) is 18.6 Å². The zero-order valence-corrected chi connectivity index (χ0v) is 9.67. The van der Waals surface area contributed by atoms with Crippen LogP contribution in [-0.4, -0.2) is 13.3 Å². The molecular weight excluding hydrogens is 258 g/mol. The number of anilines is 1. The number of hydrogen-bond acceptors (Lipinski definition) is 4. The molecule has 0 heterocycles. The third kappa shape index (κ3) is 3.05. The lowest BCUT2D eigenvalue weighted by Crippen LogP contribution is -2.22. The van der Waals surface area contributed by atoms with E-state index in [1.807, 2.05) is 4.72 Å². The SMILES string of the molecule is Cc1cc([N+](=O)[O-])c(Cl)cc1NS(N)(=O)=O. The smallest absolute Gasteiger partial charge is 0.271 e. The van der Waals surface area contributed by atoms with E-state index in [1.54, 1.807) is 0 Å². The summed E-state index contributed by atoms with van der Waals surface area (Å²) in [6, 6.07) is 2.30. The van der Waals surface area contributed by atoms with Crippen LogP contribution >= 0.6 is 11.6 Å². The quantitative estimate of drug-likeness (QED) is 0.630. The van der Waals surface area contributed by atoms with Gasteiger partial charge in [-0.15, -0.1) is 0 Å². The van der Waals surface area contributed by atoms with Crippen molar-refractivity contribution < 1.29 is 13.3 Å². The van der Waals surface area contributed by atoms with Crippen LogP contribution in [0.15, 0.2) is 12.1 Å². The molecule has 9 heteroatoms. The highest BCUT2D eigenvalue weighted by molar-refractivity contribution is 7.90.